The maximum absolute atomic E-state index is 13.1. The molecule has 0 unspecified atom stereocenters. The number of carbonyl (C=O) groups is 1. The van der Waals surface area contributed by atoms with E-state index in [0.29, 0.717) is 18.7 Å². The topological polar surface area (TPSA) is 90.3 Å². The molecule has 29 heavy (non-hydrogen) atoms. The van der Waals surface area contributed by atoms with Crippen molar-refractivity contribution in [2.75, 3.05) is 6.54 Å². The lowest BCUT2D eigenvalue weighted by atomic mass is 10.2. The van der Waals surface area contributed by atoms with Crippen LogP contribution in [0, 0.1) is 11.3 Å². The van der Waals surface area contributed by atoms with Crippen molar-refractivity contribution in [3.8, 4) is 6.07 Å². The van der Waals surface area contributed by atoms with Crippen molar-refractivity contribution in [2.24, 2.45) is 0 Å². The Labute approximate surface area is 178 Å². The van der Waals surface area contributed by atoms with Gasteiger partial charge in [-0.15, -0.1) is 22.7 Å². The number of amides is 1. The predicted molar refractivity (Wildman–Crippen MR) is 114 cm³/mol. The summed E-state index contributed by atoms with van der Waals surface area (Å²) in [4.78, 5) is 17.1. The van der Waals surface area contributed by atoms with Crippen molar-refractivity contribution in [3.05, 3.63) is 74.6 Å². The van der Waals surface area contributed by atoms with Gasteiger partial charge in [-0.25, -0.2) is 13.1 Å². The maximum atomic E-state index is 13.1. The third-order valence-corrected chi connectivity index (χ3v) is 7.28. The molecule has 0 aliphatic rings. The number of nitriles is 1. The van der Waals surface area contributed by atoms with Crippen LogP contribution in [0.4, 0.5) is 0 Å². The summed E-state index contributed by atoms with van der Waals surface area (Å²) in [7, 11) is -3.70. The van der Waals surface area contributed by atoms with Crippen LogP contribution in [0.2, 0.25) is 0 Å². The van der Waals surface area contributed by atoms with Crippen molar-refractivity contribution in [1.82, 2.24) is 9.62 Å². The molecular weight excluding hydrogens is 426 g/mol. The molecule has 2 heterocycles. The second-order valence-electron chi connectivity index (χ2n) is 6.15. The van der Waals surface area contributed by atoms with Crippen LogP contribution in [0.3, 0.4) is 0 Å². The molecule has 0 spiro atoms. The molecule has 9 heteroatoms. The SMILES string of the molecule is N#CCCNS(=O)(=O)c1ccc(C(=O)N(Cc2cccs2)Cc2cccs2)cc1. The highest BCUT2D eigenvalue weighted by atomic mass is 32.2. The van der Waals surface area contributed by atoms with Crippen molar-refractivity contribution >= 4 is 38.6 Å². The van der Waals surface area contributed by atoms with Crippen LogP contribution < -0.4 is 4.72 Å². The lowest BCUT2D eigenvalue weighted by Crippen LogP contribution is -2.29. The van der Waals surface area contributed by atoms with E-state index in [2.05, 4.69) is 4.72 Å². The van der Waals surface area contributed by atoms with E-state index in [1.54, 1.807) is 27.6 Å². The molecular formula is C20H19N3O3S3. The second-order valence-corrected chi connectivity index (χ2v) is 9.98. The predicted octanol–water partition coefficient (Wildman–Crippen LogP) is 3.84. The summed E-state index contributed by atoms with van der Waals surface area (Å²) < 4.78 is 26.8. The van der Waals surface area contributed by atoms with Gasteiger partial charge in [0.05, 0.1) is 24.1 Å². The molecule has 1 amide bonds. The average molecular weight is 446 g/mol. The third kappa shape index (κ3) is 5.74. The first-order chi connectivity index (χ1) is 14.0. The van der Waals surface area contributed by atoms with Gasteiger partial charge in [0.2, 0.25) is 10.0 Å². The molecule has 0 fully saturated rings. The Morgan fingerprint density at radius 2 is 1.59 bits per heavy atom. The molecule has 3 rings (SSSR count). The Balaban J connectivity index is 1.77. The lowest BCUT2D eigenvalue weighted by molar-refractivity contribution is 0.0733. The molecule has 0 saturated heterocycles. The van der Waals surface area contributed by atoms with E-state index in [1.807, 2.05) is 41.1 Å². The fourth-order valence-electron chi connectivity index (χ4n) is 2.66. The Morgan fingerprint density at radius 1 is 1.00 bits per heavy atom. The first kappa shape index (κ1) is 21.2. The van der Waals surface area contributed by atoms with Crippen LogP contribution >= 0.6 is 22.7 Å². The van der Waals surface area contributed by atoms with Gasteiger partial charge in [-0.2, -0.15) is 5.26 Å². The molecule has 0 radical (unpaired) electrons. The number of rotatable bonds is 9. The van der Waals surface area contributed by atoms with Crippen LogP contribution in [0.1, 0.15) is 26.5 Å². The quantitative estimate of drug-likeness (QED) is 0.507. The Hall–Kier alpha value is -2.51. The third-order valence-electron chi connectivity index (χ3n) is 4.08. The molecule has 6 nitrogen and oxygen atoms in total. The first-order valence-corrected chi connectivity index (χ1v) is 12.0. The standard InChI is InChI=1S/C20H19N3O3S3/c21-10-3-11-22-29(25,26)19-8-6-16(7-9-19)20(24)23(14-17-4-1-12-27-17)15-18-5-2-13-28-18/h1-2,4-9,12-13,22H,3,11,14-15H2. The zero-order valence-electron chi connectivity index (χ0n) is 15.4. The molecule has 0 saturated carbocycles. The van der Waals surface area contributed by atoms with Crippen molar-refractivity contribution in [2.45, 2.75) is 24.4 Å². The van der Waals surface area contributed by atoms with Gasteiger partial charge in [-0.3, -0.25) is 4.79 Å². The highest BCUT2D eigenvalue weighted by molar-refractivity contribution is 7.89. The minimum atomic E-state index is -3.70. The van der Waals surface area contributed by atoms with Gasteiger partial charge in [-0.05, 0) is 47.2 Å². The van der Waals surface area contributed by atoms with Gasteiger partial charge in [0.25, 0.3) is 5.91 Å². The normalized spacial score (nSPS) is 11.1. The second kappa shape index (κ2) is 9.80. The average Bonchev–Trinajstić information content (AvgIpc) is 3.41. The smallest absolute Gasteiger partial charge is 0.254 e. The summed E-state index contributed by atoms with van der Waals surface area (Å²) in [5.74, 6) is -0.159. The zero-order chi connectivity index (χ0) is 20.7. The fourth-order valence-corrected chi connectivity index (χ4v) is 5.14. The molecule has 3 aromatic rings. The summed E-state index contributed by atoms with van der Waals surface area (Å²) >= 11 is 3.18. The molecule has 0 bridgehead atoms. The van der Waals surface area contributed by atoms with Crippen molar-refractivity contribution in [3.63, 3.8) is 0 Å². The highest BCUT2D eigenvalue weighted by Gasteiger charge is 2.19. The van der Waals surface area contributed by atoms with Crippen LogP contribution in [-0.4, -0.2) is 25.8 Å². The number of benzene rings is 1. The number of nitrogens with zero attached hydrogens (tertiary/aromatic N) is 2. The van der Waals surface area contributed by atoms with Crippen molar-refractivity contribution < 1.29 is 13.2 Å². The van der Waals surface area contributed by atoms with Gasteiger partial charge < -0.3 is 4.90 Å². The van der Waals surface area contributed by atoms with Crippen LogP contribution in [-0.2, 0) is 23.1 Å². The monoisotopic (exact) mass is 445 g/mol. The van der Waals surface area contributed by atoms with Gasteiger partial charge in [0, 0.05) is 28.3 Å². The summed E-state index contributed by atoms with van der Waals surface area (Å²) in [6, 6.07) is 15.6. The van der Waals surface area contributed by atoms with E-state index >= 15 is 0 Å². The largest absolute Gasteiger partial charge is 0.328 e. The number of nitrogens with one attached hydrogen (secondary N) is 1. The lowest BCUT2D eigenvalue weighted by Gasteiger charge is -2.22. The van der Waals surface area contributed by atoms with Gasteiger partial charge in [0.15, 0.2) is 0 Å². The van der Waals surface area contributed by atoms with Crippen molar-refractivity contribution in [1.29, 1.82) is 5.26 Å². The fraction of sp³-hybridized carbons (Fsp3) is 0.200. The Bertz CT molecular complexity index is 1030. The molecule has 2 aromatic heterocycles. The highest BCUT2D eigenvalue weighted by Crippen LogP contribution is 2.20. The van der Waals surface area contributed by atoms with Gasteiger partial charge in [0.1, 0.15) is 0 Å². The minimum Gasteiger partial charge on any atom is -0.328 e. The number of hydrogen-bond donors (Lipinski definition) is 1. The van der Waals surface area contributed by atoms with E-state index in [9.17, 15) is 13.2 Å². The number of thiophene rings is 2. The zero-order valence-corrected chi connectivity index (χ0v) is 17.9. The molecule has 0 aliphatic carbocycles. The van der Waals surface area contributed by atoms with E-state index in [-0.39, 0.29) is 23.8 Å². The van der Waals surface area contributed by atoms with E-state index in [4.69, 9.17) is 5.26 Å². The summed E-state index contributed by atoms with van der Waals surface area (Å²) in [6.07, 6.45) is 0.0935. The van der Waals surface area contributed by atoms with Crippen LogP contribution in [0.15, 0.2) is 64.2 Å². The maximum Gasteiger partial charge on any atom is 0.254 e. The summed E-state index contributed by atoms with van der Waals surface area (Å²) in [5.41, 5.74) is 0.425. The van der Waals surface area contributed by atoms with Gasteiger partial charge in [-0.1, -0.05) is 12.1 Å². The van der Waals surface area contributed by atoms with E-state index < -0.39 is 10.0 Å². The van der Waals surface area contributed by atoms with E-state index in [1.165, 1.54) is 24.3 Å². The Kier molecular flexibility index (Phi) is 7.17. The first-order valence-electron chi connectivity index (χ1n) is 8.80. The number of carbonyl (C=O) groups excluding carboxylic acids is 1. The molecule has 1 aromatic carbocycles. The molecule has 0 atom stereocenters. The summed E-state index contributed by atoms with van der Waals surface area (Å²) in [6.45, 7) is 1.03. The van der Waals surface area contributed by atoms with E-state index in [0.717, 1.165) is 9.75 Å². The van der Waals surface area contributed by atoms with Crippen LogP contribution in [0.5, 0.6) is 0 Å². The number of sulfonamides is 1. The molecule has 150 valence electrons. The molecule has 1 N–H and O–H groups in total. The van der Waals surface area contributed by atoms with Gasteiger partial charge >= 0.3 is 0 Å². The Morgan fingerprint density at radius 3 is 2.07 bits per heavy atom. The van der Waals surface area contributed by atoms with Crippen LogP contribution in [0.25, 0.3) is 0 Å². The summed E-state index contributed by atoms with van der Waals surface area (Å²) in [5, 5.41) is 12.5. The minimum absolute atomic E-state index is 0.0505. The number of hydrogen-bond acceptors (Lipinski definition) is 6. The molecule has 0 aliphatic heterocycles.